The van der Waals surface area contributed by atoms with E-state index in [4.69, 9.17) is 9.72 Å². The van der Waals surface area contributed by atoms with Gasteiger partial charge in [0.2, 0.25) is 5.91 Å². The van der Waals surface area contributed by atoms with Crippen molar-refractivity contribution in [3.05, 3.63) is 58.9 Å². The molecule has 4 rings (SSSR count). The predicted molar refractivity (Wildman–Crippen MR) is 120 cm³/mol. The summed E-state index contributed by atoms with van der Waals surface area (Å²) in [6, 6.07) is 14.6. The summed E-state index contributed by atoms with van der Waals surface area (Å²) in [5.74, 6) is 1.08. The van der Waals surface area contributed by atoms with Crippen LogP contribution in [-0.4, -0.2) is 46.3 Å². The Morgan fingerprint density at radius 3 is 2.43 bits per heavy atom. The minimum atomic E-state index is -0.143. The Balaban J connectivity index is 1.68. The van der Waals surface area contributed by atoms with Gasteiger partial charge in [-0.25, -0.2) is 4.98 Å². The number of amides is 1. The molecule has 6 nitrogen and oxygen atoms in total. The molecule has 156 valence electrons. The summed E-state index contributed by atoms with van der Waals surface area (Å²) in [5.41, 5.74) is 1.19. The lowest BCUT2D eigenvalue weighted by Crippen LogP contribution is -2.33. The Hall–Kier alpha value is -2.80. The Morgan fingerprint density at radius 2 is 1.73 bits per heavy atom. The number of hydrogen-bond donors (Lipinski definition) is 0. The topological polar surface area (TPSA) is 64.4 Å². The number of carbonyl (C=O) groups is 1. The minimum absolute atomic E-state index is 0.102. The van der Waals surface area contributed by atoms with Crippen molar-refractivity contribution in [3.8, 4) is 11.4 Å². The van der Waals surface area contributed by atoms with E-state index in [9.17, 15) is 9.59 Å². The highest BCUT2D eigenvalue weighted by atomic mass is 32.2. The SMILES string of the molecule is COc1ccc(-n2c(SCC(=O)N3CCCCCC3)nc3ccccc3c2=O)cc1. The summed E-state index contributed by atoms with van der Waals surface area (Å²) in [4.78, 5) is 32.7. The van der Waals surface area contributed by atoms with Gasteiger partial charge in [0, 0.05) is 13.1 Å². The Bertz CT molecular complexity index is 1090. The van der Waals surface area contributed by atoms with E-state index in [0.29, 0.717) is 27.5 Å². The number of hydrogen-bond acceptors (Lipinski definition) is 5. The van der Waals surface area contributed by atoms with Gasteiger partial charge in [-0.1, -0.05) is 36.7 Å². The van der Waals surface area contributed by atoms with E-state index in [-0.39, 0.29) is 17.2 Å². The molecular weight excluding hydrogens is 398 g/mol. The van der Waals surface area contributed by atoms with Crippen molar-refractivity contribution in [1.82, 2.24) is 14.5 Å². The number of aromatic nitrogens is 2. The second kappa shape index (κ2) is 9.34. The summed E-state index contributed by atoms with van der Waals surface area (Å²) < 4.78 is 6.82. The van der Waals surface area contributed by atoms with Crippen LogP contribution in [0.4, 0.5) is 0 Å². The van der Waals surface area contributed by atoms with Gasteiger partial charge in [0.1, 0.15) is 5.75 Å². The average molecular weight is 424 g/mol. The summed E-state index contributed by atoms with van der Waals surface area (Å²) in [7, 11) is 1.61. The smallest absolute Gasteiger partial charge is 0.266 e. The molecule has 7 heteroatoms. The van der Waals surface area contributed by atoms with Crippen LogP contribution in [0.2, 0.25) is 0 Å². The fourth-order valence-electron chi connectivity index (χ4n) is 3.71. The van der Waals surface area contributed by atoms with Gasteiger partial charge in [-0.2, -0.15) is 0 Å². The third-order valence-corrected chi connectivity index (χ3v) is 6.28. The second-order valence-electron chi connectivity index (χ2n) is 7.33. The quantitative estimate of drug-likeness (QED) is 0.460. The zero-order valence-electron chi connectivity index (χ0n) is 17.0. The summed E-state index contributed by atoms with van der Waals surface area (Å²) in [6.45, 7) is 1.63. The van der Waals surface area contributed by atoms with Crippen molar-refractivity contribution < 1.29 is 9.53 Å². The maximum absolute atomic E-state index is 13.3. The van der Waals surface area contributed by atoms with E-state index >= 15 is 0 Å². The molecule has 3 aromatic rings. The lowest BCUT2D eigenvalue weighted by atomic mass is 10.2. The van der Waals surface area contributed by atoms with Gasteiger partial charge in [-0.15, -0.1) is 0 Å². The molecule has 2 aromatic carbocycles. The Kier molecular flexibility index (Phi) is 6.38. The van der Waals surface area contributed by atoms with Crippen LogP contribution < -0.4 is 10.3 Å². The molecule has 1 amide bonds. The van der Waals surface area contributed by atoms with Crippen molar-refractivity contribution in [2.45, 2.75) is 30.8 Å². The van der Waals surface area contributed by atoms with Crippen molar-refractivity contribution in [2.24, 2.45) is 0 Å². The van der Waals surface area contributed by atoms with Crippen LogP contribution >= 0.6 is 11.8 Å². The first kappa shape index (κ1) is 20.5. The third kappa shape index (κ3) is 4.36. The first-order valence-electron chi connectivity index (χ1n) is 10.2. The van der Waals surface area contributed by atoms with Crippen molar-refractivity contribution in [3.63, 3.8) is 0 Å². The first-order valence-corrected chi connectivity index (χ1v) is 11.2. The number of rotatable bonds is 5. The molecule has 1 fully saturated rings. The van der Waals surface area contributed by atoms with E-state index in [1.54, 1.807) is 17.7 Å². The molecule has 0 unspecified atom stereocenters. The minimum Gasteiger partial charge on any atom is -0.497 e. The number of nitrogens with zero attached hydrogens (tertiary/aromatic N) is 3. The van der Waals surface area contributed by atoms with E-state index in [2.05, 4.69) is 0 Å². The number of likely N-dealkylation sites (tertiary alicyclic amines) is 1. The zero-order valence-corrected chi connectivity index (χ0v) is 17.9. The van der Waals surface area contributed by atoms with E-state index < -0.39 is 0 Å². The molecule has 0 spiro atoms. The van der Waals surface area contributed by atoms with Crippen LogP contribution in [0.25, 0.3) is 16.6 Å². The number of benzene rings is 2. The molecule has 1 aromatic heterocycles. The number of ether oxygens (including phenoxy) is 1. The van der Waals surface area contributed by atoms with E-state index in [1.165, 1.54) is 24.6 Å². The highest BCUT2D eigenvalue weighted by Gasteiger charge is 2.19. The molecule has 0 N–H and O–H groups in total. The van der Waals surface area contributed by atoms with Gasteiger partial charge in [-0.05, 0) is 49.2 Å². The molecule has 0 bridgehead atoms. The number of carbonyl (C=O) groups excluding carboxylic acids is 1. The molecule has 1 saturated heterocycles. The second-order valence-corrected chi connectivity index (χ2v) is 8.28. The van der Waals surface area contributed by atoms with E-state index in [1.807, 2.05) is 47.4 Å². The standard InChI is InChI=1S/C23H25N3O3S/c1-29-18-12-10-17(11-13-18)26-22(28)19-8-4-5-9-20(19)24-23(26)30-16-21(27)25-14-6-2-3-7-15-25/h4-5,8-13H,2-3,6-7,14-16H2,1H3. The average Bonchev–Trinajstić information content (AvgIpc) is 3.07. The largest absolute Gasteiger partial charge is 0.497 e. The molecule has 0 saturated carbocycles. The molecule has 0 radical (unpaired) electrons. The first-order chi connectivity index (χ1) is 14.7. The Labute approximate surface area is 179 Å². The number of fused-ring (bicyclic) bond motifs is 1. The van der Waals surface area contributed by atoms with Crippen LogP contribution in [-0.2, 0) is 4.79 Å². The fourth-order valence-corrected chi connectivity index (χ4v) is 4.62. The van der Waals surface area contributed by atoms with Crippen LogP contribution in [0.5, 0.6) is 5.75 Å². The molecule has 30 heavy (non-hydrogen) atoms. The fraction of sp³-hybridized carbons (Fsp3) is 0.348. The maximum atomic E-state index is 13.3. The van der Waals surface area contributed by atoms with Crippen LogP contribution in [0.1, 0.15) is 25.7 Å². The lowest BCUT2D eigenvalue weighted by molar-refractivity contribution is -0.128. The Morgan fingerprint density at radius 1 is 1.03 bits per heavy atom. The molecule has 2 heterocycles. The summed E-state index contributed by atoms with van der Waals surface area (Å²) >= 11 is 1.32. The van der Waals surface area contributed by atoms with E-state index in [0.717, 1.165) is 25.9 Å². The molecule has 0 atom stereocenters. The van der Waals surface area contributed by atoms with Crippen molar-refractivity contribution >= 4 is 28.6 Å². The predicted octanol–water partition coefficient (Wildman–Crippen LogP) is 3.89. The molecule has 0 aliphatic carbocycles. The highest BCUT2D eigenvalue weighted by Crippen LogP contribution is 2.23. The van der Waals surface area contributed by atoms with Crippen LogP contribution in [0.3, 0.4) is 0 Å². The van der Waals surface area contributed by atoms with Crippen LogP contribution in [0.15, 0.2) is 58.5 Å². The summed E-state index contributed by atoms with van der Waals surface area (Å²) in [5, 5.41) is 1.07. The van der Waals surface area contributed by atoms with Gasteiger partial charge < -0.3 is 9.64 Å². The number of para-hydroxylation sites is 1. The molecule has 1 aliphatic heterocycles. The van der Waals surface area contributed by atoms with Crippen LogP contribution in [0, 0.1) is 0 Å². The normalized spacial score (nSPS) is 14.5. The van der Waals surface area contributed by atoms with Crippen molar-refractivity contribution in [1.29, 1.82) is 0 Å². The van der Waals surface area contributed by atoms with Gasteiger partial charge in [0.05, 0.1) is 29.5 Å². The monoisotopic (exact) mass is 423 g/mol. The number of methoxy groups -OCH3 is 1. The summed E-state index contributed by atoms with van der Waals surface area (Å²) in [6.07, 6.45) is 4.47. The van der Waals surface area contributed by atoms with Gasteiger partial charge in [-0.3, -0.25) is 14.2 Å². The molecule has 1 aliphatic rings. The van der Waals surface area contributed by atoms with Crippen molar-refractivity contribution in [2.75, 3.05) is 26.0 Å². The maximum Gasteiger partial charge on any atom is 0.266 e. The highest BCUT2D eigenvalue weighted by molar-refractivity contribution is 7.99. The van der Waals surface area contributed by atoms with Gasteiger partial charge >= 0.3 is 0 Å². The van der Waals surface area contributed by atoms with Gasteiger partial charge in [0.25, 0.3) is 5.56 Å². The lowest BCUT2D eigenvalue weighted by Gasteiger charge is -2.20. The number of thioether (sulfide) groups is 1. The molecular formula is C23H25N3O3S. The third-order valence-electron chi connectivity index (χ3n) is 5.36. The van der Waals surface area contributed by atoms with Gasteiger partial charge in [0.15, 0.2) is 5.16 Å². The zero-order chi connectivity index (χ0) is 20.9.